The number of hydrogen-bond acceptors (Lipinski definition) is 2. The summed E-state index contributed by atoms with van der Waals surface area (Å²) in [6.07, 6.45) is 2.82. The van der Waals surface area contributed by atoms with Crippen LogP contribution in [0.15, 0.2) is 0 Å². The molecule has 0 aliphatic rings. The van der Waals surface area contributed by atoms with Gasteiger partial charge in [0.25, 0.3) is 0 Å². The summed E-state index contributed by atoms with van der Waals surface area (Å²) in [5.41, 5.74) is 0. The molecule has 0 fully saturated rings. The zero-order valence-corrected chi connectivity index (χ0v) is 7.24. The molecule has 11 heavy (non-hydrogen) atoms. The molecular weight excluding hydrogens is 145 g/mol. The third-order valence-electron chi connectivity index (χ3n) is 1.44. The van der Waals surface area contributed by atoms with Crippen molar-refractivity contribution in [1.29, 1.82) is 0 Å². The van der Waals surface area contributed by atoms with Crippen LogP contribution in [0.25, 0.3) is 0 Å². The molecule has 2 nitrogen and oxygen atoms in total. The predicted octanol–water partition coefficient (Wildman–Crippen LogP) is 1.36. The van der Waals surface area contributed by atoms with E-state index in [0.717, 1.165) is 32.5 Å². The predicted molar refractivity (Wildman–Crippen MR) is 44.6 cm³/mol. The second kappa shape index (κ2) is 9.85. The van der Waals surface area contributed by atoms with Crippen LogP contribution in [0, 0.1) is 0 Å². The lowest BCUT2D eigenvalue weighted by atomic mass is 10.3. The fourth-order valence-electron chi connectivity index (χ4n) is 0.813. The largest absolute Gasteiger partial charge is 0.385 e. The molecule has 0 rings (SSSR count). The number of halogens is 1. The Hall–Kier alpha value is -0.150. The second-order valence-electron chi connectivity index (χ2n) is 2.49. The molecule has 1 N–H and O–H groups in total. The van der Waals surface area contributed by atoms with Crippen molar-refractivity contribution in [2.45, 2.75) is 19.3 Å². The molecule has 0 aromatic rings. The maximum atomic E-state index is 11.6. The molecule has 0 aromatic heterocycles. The summed E-state index contributed by atoms with van der Waals surface area (Å²) in [7, 11) is 1.70. The summed E-state index contributed by atoms with van der Waals surface area (Å²) in [5.74, 6) is 0. The van der Waals surface area contributed by atoms with E-state index in [0.29, 0.717) is 6.42 Å². The molecule has 0 saturated heterocycles. The van der Waals surface area contributed by atoms with E-state index in [1.807, 2.05) is 0 Å². The maximum Gasteiger partial charge on any atom is 0.0906 e. The third kappa shape index (κ3) is 9.85. The first kappa shape index (κ1) is 10.8. The quantitative estimate of drug-likeness (QED) is 0.545. The SMILES string of the molecule is COCCCCNCCCF. The van der Waals surface area contributed by atoms with Gasteiger partial charge in [-0.15, -0.1) is 0 Å². The van der Waals surface area contributed by atoms with Gasteiger partial charge in [0.2, 0.25) is 0 Å². The lowest BCUT2D eigenvalue weighted by molar-refractivity contribution is 0.192. The van der Waals surface area contributed by atoms with Crippen molar-refractivity contribution in [3.05, 3.63) is 0 Å². The molecule has 0 spiro atoms. The maximum absolute atomic E-state index is 11.6. The number of hydrogen-bond donors (Lipinski definition) is 1. The third-order valence-corrected chi connectivity index (χ3v) is 1.44. The first-order valence-electron chi connectivity index (χ1n) is 4.17. The molecule has 0 saturated carbocycles. The summed E-state index contributed by atoms with van der Waals surface area (Å²) in [6.45, 7) is 2.38. The van der Waals surface area contributed by atoms with Crippen molar-refractivity contribution in [1.82, 2.24) is 5.32 Å². The Morgan fingerprint density at radius 3 is 2.55 bits per heavy atom. The van der Waals surface area contributed by atoms with Gasteiger partial charge in [0.15, 0.2) is 0 Å². The van der Waals surface area contributed by atoms with E-state index in [-0.39, 0.29) is 6.67 Å². The van der Waals surface area contributed by atoms with Crippen molar-refractivity contribution in [3.63, 3.8) is 0 Å². The number of nitrogens with one attached hydrogen (secondary N) is 1. The lowest BCUT2D eigenvalue weighted by Gasteiger charge is -2.01. The monoisotopic (exact) mass is 163 g/mol. The number of ether oxygens (including phenoxy) is 1. The fourth-order valence-corrected chi connectivity index (χ4v) is 0.813. The molecule has 0 bridgehead atoms. The fraction of sp³-hybridized carbons (Fsp3) is 1.00. The molecule has 0 atom stereocenters. The molecule has 0 aliphatic carbocycles. The summed E-state index contributed by atoms with van der Waals surface area (Å²) in [4.78, 5) is 0. The van der Waals surface area contributed by atoms with Crippen molar-refractivity contribution >= 4 is 0 Å². The molecule has 68 valence electrons. The van der Waals surface area contributed by atoms with E-state index in [9.17, 15) is 4.39 Å². The highest BCUT2D eigenvalue weighted by molar-refractivity contribution is 4.47. The Kier molecular flexibility index (Phi) is 9.72. The Bertz CT molecular complexity index is 63.1. The van der Waals surface area contributed by atoms with Crippen LogP contribution in [0.2, 0.25) is 0 Å². The summed E-state index contributed by atoms with van der Waals surface area (Å²) >= 11 is 0. The van der Waals surface area contributed by atoms with Crippen LogP contribution in [0.4, 0.5) is 4.39 Å². The van der Waals surface area contributed by atoms with Gasteiger partial charge in [-0.1, -0.05) is 0 Å². The van der Waals surface area contributed by atoms with Gasteiger partial charge in [-0.3, -0.25) is 4.39 Å². The summed E-state index contributed by atoms with van der Waals surface area (Å²) < 4.78 is 16.4. The Morgan fingerprint density at radius 1 is 1.18 bits per heavy atom. The number of unbranched alkanes of at least 4 members (excludes halogenated alkanes) is 1. The average Bonchev–Trinajstić information content (AvgIpc) is 2.03. The lowest BCUT2D eigenvalue weighted by Crippen LogP contribution is -2.17. The van der Waals surface area contributed by atoms with Crippen LogP contribution in [0.5, 0.6) is 0 Å². The molecule has 0 aromatic carbocycles. The van der Waals surface area contributed by atoms with Gasteiger partial charge in [0, 0.05) is 13.7 Å². The highest BCUT2D eigenvalue weighted by Gasteiger charge is 1.88. The number of methoxy groups -OCH3 is 1. The highest BCUT2D eigenvalue weighted by Crippen LogP contribution is 1.86. The van der Waals surface area contributed by atoms with E-state index < -0.39 is 0 Å². The minimum atomic E-state index is -0.217. The van der Waals surface area contributed by atoms with Crippen molar-refractivity contribution in [2.75, 3.05) is 33.5 Å². The molecule has 0 unspecified atom stereocenters. The van der Waals surface area contributed by atoms with Gasteiger partial charge in [-0.25, -0.2) is 0 Å². The van der Waals surface area contributed by atoms with Gasteiger partial charge in [0.05, 0.1) is 6.67 Å². The minimum absolute atomic E-state index is 0.217. The molecule has 0 heterocycles. The van der Waals surface area contributed by atoms with E-state index in [1.165, 1.54) is 0 Å². The van der Waals surface area contributed by atoms with E-state index in [2.05, 4.69) is 5.32 Å². The standard InChI is InChI=1S/C8H18FNO/c1-11-8-3-2-6-10-7-4-5-9/h10H,2-8H2,1H3. The zero-order valence-electron chi connectivity index (χ0n) is 7.24. The van der Waals surface area contributed by atoms with Crippen molar-refractivity contribution in [2.24, 2.45) is 0 Å². The molecular formula is C8H18FNO. The zero-order chi connectivity index (χ0) is 8.36. The molecule has 3 heteroatoms. The van der Waals surface area contributed by atoms with Gasteiger partial charge in [0.1, 0.15) is 0 Å². The highest BCUT2D eigenvalue weighted by atomic mass is 19.1. The molecule has 0 radical (unpaired) electrons. The topological polar surface area (TPSA) is 21.3 Å². The van der Waals surface area contributed by atoms with Gasteiger partial charge in [-0.2, -0.15) is 0 Å². The van der Waals surface area contributed by atoms with Crippen LogP contribution in [0.3, 0.4) is 0 Å². The van der Waals surface area contributed by atoms with Gasteiger partial charge in [-0.05, 0) is 32.4 Å². The van der Waals surface area contributed by atoms with Crippen LogP contribution in [-0.2, 0) is 4.74 Å². The number of alkyl halides is 1. The Labute approximate surface area is 68.1 Å². The van der Waals surface area contributed by atoms with Crippen LogP contribution >= 0.6 is 0 Å². The normalized spacial score (nSPS) is 10.4. The minimum Gasteiger partial charge on any atom is -0.385 e. The van der Waals surface area contributed by atoms with E-state index in [4.69, 9.17) is 4.74 Å². The van der Waals surface area contributed by atoms with Gasteiger partial charge < -0.3 is 10.1 Å². The van der Waals surface area contributed by atoms with Crippen LogP contribution < -0.4 is 5.32 Å². The first-order valence-corrected chi connectivity index (χ1v) is 4.17. The smallest absolute Gasteiger partial charge is 0.0906 e. The second-order valence-corrected chi connectivity index (χ2v) is 2.49. The van der Waals surface area contributed by atoms with Crippen molar-refractivity contribution in [3.8, 4) is 0 Å². The van der Waals surface area contributed by atoms with E-state index >= 15 is 0 Å². The summed E-state index contributed by atoms with van der Waals surface area (Å²) in [5, 5.41) is 3.15. The molecule has 0 amide bonds. The Morgan fingerprint density at radius 2 is 1.91 bits per heavy atom. The Balaban J connectivity index is 2.69. The van der Waals surface area contributed by atoms with Crippen LogP contribution in [-0.4, -0.2) is 33.5 Å². The molecule has 0 aliphatic heterocycles. The van der Waals surface area contributed by atoms with Crippen molar-refractivity contribution < 1.29 is 9.13 Å². The van der Waals surface area contributed by atoms with Crippen LogP contribution in [0.1, 0.15) is 19.3 Å². The number of rotatable bonds is 8. The van der Waals surface area contributed by atoms with E-state index in [1.54, 1.807) is 7.11 Å². The van der Waals surface area contributed by atoms with Gasteiger partial charge >= 0.3 is 0 Å². The summed E-state index contributed by atoms with van der Waals surface area (Å²) in [6, 6.07) is 0. The average molecular weight is 163 g/mol. The first-order chi connectivity index (χ1) is 5.41.